The number of hydrogen-bond donors (Lipinski definition) is 0. The summed E-state index contributed by atoms with van der Waals surface area (Å²) in [4.78, 5) is 8.37. The molecule has 0 amide bonds. The fourth-order valence-electron chi connectivity index (χ4n) is 2.86. The average molecular weight is 766 g/mol. The second kappa shape index (κ2) is 24.9. The molecule has 0 N–H and O–H groups in total. The van der Waals surface area contributed by atoms with Gasteiger partial charge in [0, 0.05) is 12.4 Å². The van der Waals surface area contributed by atoms with E-state index in [1.165, 1.54) is 0 Å². The van der Waals surface area contributed by atoms with Gasteiger partial charge >= 0.3 is 39.0 Å². The van der Waals surface area contributed by atoms with Crippen LogP contribution < -0.4 is 44.1 Å². The van der Waals surface area contributed by atoms with Crippen molar-refractivity contribution in [1.82, 2.24) is 9.97 Å². The van der Waals surface area contributed by atoms with E-state index in [2.05, 4.69) is 23.9 Å². The van der Waals surface area contributed by atoms with Crippen molar-refractivity contribution in [3.8, 4) is 28.6 Å². The molecular weight excluding hydrogens is 743 g/mol. The normalized spacial score (nSPS) is 8.77. The molecule has 2 heterocycles. The zero-order chi connectivity index (χ0) is 30.4. The number of benzene rings is 3. The van der Waals surface area contributed by atoms with Crippen LogP contribution in [0.15, 0.2) is 140 Å². The van der Waals surface area contributed by atoms with Gasteiger partial charge in [-0.1, -0.05) is 66.7 Å². The first-order valence-electron chi connectivity index (χ1n) is 12.3. The number of para-hydroxylation sites is 3. The molecule has 2 aromatic heterocycles. The molecule has 0 unspecified atom stereocenters. The zero-order valence-electron chi connectivity index (χ0n) is 22.8. The van der Waals surface area contributed by atoms with Gasteiger partial charge in [0.15, 0.2) is 0 Å². The number of pyridine rings is 2. The van der Waals surface area contributed by atoms with Crippen molar-refractivity contribution in [2.45, 2.75) is 0 Å². The molecule has 0 saturated heterocycles. The van der Waals surface area contributed by atoms with Crippen molar-refractivity contribution in [1.29, 1.82) is 0 Å². The minimum absolute atomic E-state index is 0. The van der Waals surface area contributed by atoms with Gasteiger partial charge in [0.05, 0.1) is 28.6 Å². The SMILES string of the molecule is [O-]B([O-])Oc1ccccc1.[O-]B([O-])Oc1ccccc1.[O-]B([O-])Oc1ccccc1.[Ru+3].[Ru+3].c1ccc(-c2ccccn2)nc1. The van der Waals surface area contributed by atoms with Crippen LogP contribution in [0.25, 0.3) is 11.4 Å². The van der Waals surface area contributed by atoms with Gasteiger partial charge in [-0.2, -0.15) is 0 Å². The quantitative estimate of drug-likeness (QED) is 0.174. The van der Waals surface area contributed by atoms with Gasteiger partial charge in [0.2, 0.25) is 0 Å². The molecule has 44 heavy (non-hydrogen) atoms. The molecule has 11 nitrogen and oxygen atoms in total. The van der Waals surface area contributed by atoms with Crippen molar-refractivity contribution < 1.29 is 83.1 Å². The summed E-state index contributed by atoms with van der Waals surface area (Å²) < 4.78 is 12.9. The van der Waals surface area contributed by atoms with Crippen LogP contribution in [-0.2, 0) is 39.0 Å². The van der Waals surface area contributed by atoms with Crippen molar-refractivity contribution in [3.63, 3.8) is 0 Å². The van der Waals surface area contributed by atoms with Crippen molar-refractivity contribution >= 4 is 22.0 Å². The molecule has 0 aliphatic heterocycles. The standard InChI is InChI=1S/C10H8N2.3C6H5BO3.2Ru/c1-3-7-11-9(5-1)10-6-2-4-8-12-10;3*8-7(9)10-6-4-2-1-3-5-6;;/h1-8H;3*1-5H;;/q;3*-2;2*+3. The molecule has 0 aliphatic rings. The summed E-state index contributed by atoms with van der Waals surface area (Å²) in [7, 11) is -6.70. The predicted molar refractivity (Wildman–Crippen MR) is 146 cm³/mol. The Hall–Kier alpha value is -3.44. The predicted octanol–water partition coefficient (Wildman–Crippen LogP) is -1.55. The maximum atomic E-state index is 9.92. The van der Waals surface area contributed by atoms with Crippen LogP contribution in [0.4, 0.5) is 0 Å². The molecule has 0 atom stereocenters. The van der Waals surface area contributed by atoms with Gasteiger partial charge in [-0.05, 0) is 60.7 Å². The third kappa shape index (κ3) is 19.7. The van der Waals surface area contributed by atoms with E-state index < -0.39 is 22.0 Å². The molecule has 0 fully saturated rings. The number of nitrogens with zero attached hydrogens (tertiary/aromatic N) is 2. The zero-order valence-corrected chi connectivity index (χ0v) is 26.3. The molecule has 16 heteroatoms. The van der Waals surface area contributed by atoms with Crippen LogP contribution in [0.1, 0.15) is 0 Å². The van der Waals surface area contributed by atoms with Gasteiger partial charge in [-0.3, -0.25) is 9.97 Å². The summed E-state index contributed by atoms with van der Waals surface area (Å²) in [6, 6.07) is 36.4. The molecule has 5 aromatic rings. The van der Waals surface area contributed by atoms with Gasteiger partial charge < -0.3 is 44.1 Å². The Morgan fingerprint density at radius 3 is 0.818 bits per heavy atom. The number of hydrogen-bond acceptors (Lipinski definition) is 11. The van der Waals surface area contributed by atoms with Crippen LogP contribution in [0, 0.1) is 0 Å². The van der Waals surface area contributed by atoms with E-state index in [9.17, 15) is 30.1 Å². The van der Waals surface area contributed by atoms with Crippen molar-refractivity contribution in [2.24, 2.45) is 0 Å². The summed E-state index contributed by atoms with van der Waals surface area (Å²) in [5.74, 6) is 0.951. The van der Waals surface area contributed by atoms with E-state index in [1.54, 1.807) is 103 Å². The molecule has 0 saturated carbocycles. The van der Waals surface area contributed by atoms with Crippen LogP contribution in [0.2, 0.25) is 0 Å². The number of rotatable bonds is 7. The minimum Gasteiger partial charge on any atom is -0.860 e. The molecular formula is C28H23B3N2O9Ru2. The Morgan fingerprint density at radius 1 is 0.364 bits per heavy atom. The van der Waals surface area contributed by atoms with Gasteiger partial charge in [-0.15, -0.1) is 0 Å². The van der Waals surface area contributed by atoms with E-state index >= 15 is 0 Å². The Kier molecular flexibility index (Phi) is 23.0. The minimum atomic E-state index is -2.23. The first-order chi connectivity index (χ1) is 20.3. The number of aromatic nitrogens is 2. The maximum Gasteiger partial charge on any atom is 3.00 e. The summed E-state index contributed by atoms with van der Waals surface area (Å²) in [6.07, 6.45) is 3.54. The second-order valence-electron chi connectivity index (χ2n) is 7.59. The molecule has 0 aliphatic carbocycles. The summed E-state index contributed by atoms with van der Waals surface area (Å²) in [6.45, 7) is 0. The van der Waals surface area contributed by atoms with E-state index in [0.717, 1.165) is 11.4 Å². The van der Waals surface area contributed by atoms with E-state index in [-0.39, 0.29) is 39.0 Å². The van der Waals surface area contributed by atoms with Crippen LogP contribution >= 0.6 is 0 Å². The van der Waals surface area contributed by atoms with Crippen LogP contribution in [0.3, 0.4) is 0 Å². The largest absolute Gasteiger partial charge is 3.00 e. The third-order valence-electron chi connectivity index (χ3n) is 4.52. The maximum absolute atomic E-state index is 9.92. The second-order valence-corrected chi connectivity index (χ2v) is 7.59. The molecule has 0 spiro atoms. The monoisotopic (exact) mass is 768 g/mol. The average Bonchev–Trinajstić information content (AvgIpc) is 3.00. The Bertz CT molecular complexity index is 1200. The van der Waals surface area contributed by atoms with Gasteiger partial charge in [-0.25, -0.2) is 0 Å². The van der Waals surface area contributed by atoms with Gasteiger partial charge in [0.1, 0.15) is 22.0 Å². The molecule has 2 radical (unpaired) electrons. The summed E-state index contributed by atoms with van der Waals surface area (Å²) in [5, 5.41) is 59.5. The van der Waals surface area contributed by atoms with E-state index in [0.29, 0.717) is 17.2 Å². The first kappa shape index (κ1) is 40.6. The fraction of sp³-hybridized carbons (Fsp3) is 0. The fourth-order valence-corrected chi connectivity index (χ4v) is 2.86. The van der Waals surface area contributed by atoms with Crippen molar-refractivity contribution in [3.05, 3.63) is 140 Å². The Morgan fingerprint density at radius 2 is 0.614 bits per heavy atom. The van der Waals surface area contributed by atoms with Crippen molar-refractivity contribution in [2.75, 3.05) is 0 Å². The summed E-state index contributed by atoms with van der Waals surface area (Å²) in [5.41, 5.74) is 1.83. The molecule has 224 valence electrons. The van der Waals surface area contributed by atoms with Crippen LogP contribution in [-0.4, -0.2) is 31.9 Å². The van der Waals surface area contributed by atoms with E-state index in [1.807, 2.05) is 36.4 Å². The summed E-state index contributed by atoms with van der Waals surface area (Å²) >= 11 is 0. The molecule has 5 rings (SSSR count). The molecule has 3 aromatic carbocycles. The van der Waals surface area contributed by atoms with Gasteiger partial charge in [0.25, 0.3) is 0 Å². The first-order valence-corrected chi connectivity index (χ1v) is 12.3. The van der Waals surface area contributed by atoms with Crippen LogP contribution in [0.5, 0.6) is 17.2 Å². The van der Waals surface area contributed by atoms with E-state index in [4.69, 9.17) is 0 Å². The topological polar surface area (TPSA) is 192 Å². The molecule has 0 bridgehead atoms. The Balaban J connectivity index is 0.000000554. The third-order valence-corrected chi connectivity index (χ3v) is 4.52. The Labute approximate surface area is 282 Å². The smallest absolute Gasteiger partial charge is 0.860 e.